The number of rotatable bonds is 23. The van der Waals surface area contributed by atoms with Crippen molar-refractivity contribution >= 4 is 16.0 Å². The molecule has 186 valence electrons. The minimum Gasteiger partial charge on any atom is -0.748 e. The zero-order valence-corrected chi connectivity index (χ0v) is 25.5. The Morgan fingerprint density at radius 2 is 1.03 bits per heavy atom. The van der Waals surface area contributed by atoms with Gasteiger partial charge in [0, 0.05) is 25.8 Å². The second-order valence-corrected chi connectivity index (χ2v) is 10.7. The van der Waals surface area contributed by atoms with Crippen molar-refractivity contribution in [1.82, 2.24) is 4.90 Å². The van der Waals surface area contributed by atoms with Gasteiger partial charge in [-0.3, -0.25) is 4.79 Å². The first-order valence-electron chi connectivity index (χ1n) is 13.0. The van der Waals surface area contributed by atoms with E-state index >= 15 is 0 Å². The molecule has 1 amide bonds. The van der Waals surface area contributed by atoms with Gasteiger partial charge in [0.25, 0.3) is 0 Å². The Bertz CT molecular complexity index is 514. The number of unbranched alkanes of at least 4 members (excludes halogenated alkanes) is 17. The van der Waals surface area contributed by atoms with Crippen LogP contribution in [0.2, 0.25) is 0 Å². The summed E-state index contributed by atoms with van der Waals surface area (Å²) < 4.78 is 31.7. The molecule has 7 heteroatoms. The summed E-state index contributed by atoms with van der Waals surface area (Å²) in [6.45, 7) is 2.79. The van der Waals surface area contributed by atoms with Crippen LogP contribution in [0.5, 0.6) is 0 Å². The number of hydrogen-bond acceptors (Lipinski definition) is 4. The molecule has 32 heavy (non-hydrogen) atoms. The summed E-state index contributed by atoms with van der Waals surface area (Å²) in [5.74, 6) is -0.222. The summed E-state index contributed by atoms with van der Waals surface area (Å²) in [7, 11) is -2.38. The van der Waals surface area contributed by atoms with Crippen LogP contribution in [0.25, 0.3) is 0 Å². The van der Waals surface area contributed by atoms with Crippen molar-refractivity contribution in [3.63, 3.8) is 0 Å². The van der Waals surface area contributed by atoms with Gasteiger partial charge in [0.15, 0.2) is 0 Å². The van der Waals surface area contributed by atoms with Crippen molar-refractivity contribution in [3.8, 4) is 0 Å². The van der Waals surface area contributed by atoms with Gasteiger partial charge in [0.1, 0.15) is 0 Å². The first-order chi connectivity index (χ1) is 14.9. The van der Waals surface area contributed by atoms with E-state index in [0.717, 1.165) is 12.8 Å². The van der Waals surface area contributed by atoms with Crippen LogP contribution in [-0.4, -0.2) is 43.1 Å². The Morgan fingerprint density at radius 3 is 1.41 bits per heavy atom. The maximum absolute atomic E-state index is 12.0. The Morgan fingerprint density at radius 1 is 0.656 bits per heavy atom. The second kappa shape index (κ2) is 25.1. The monoisotopic (exact) mass is 499 g/mol. The maximum Gasteiger partial charge on any atom is 1.00 e. The number of amides is 1. The molecule has 0 atom stereocenters. The molecule has 0 spiro atoms. The summed E-state index contributed by atoms with van der Waals surface area (Å²) in [6, 6.07) is 0. The molecule has 0 radical (unpaired) electrons. The van der Waals surface area contributed by atoms with Crippen molar-refractivity contribution in [2.45, 2.75) is 135 Å². The number of nitrogens with zero attached hydrogens (tertiary/aromatic N) is 1. The molecule has 0 saturated heterocycles. The van der Waals surface area contributed by atoms with E-state index in [9.17, 15) is 17.8 Å². The summed E-state index contributed by atoms with van der Waals surface area (Å²) >= 11 is 0. The van der Waals surface area contributed by atoms with E-state index < -0.39 is 10.1 Å². The molecule has 0 aromatic rings. The normalized spacial score (nSPS) is 11.3. The molecule has 0 N–H and O–H groups in total. The molecule has 0 aromatic heterocycles. The van der Waals surface area contributed by atoms with Crippen molar-refractivity contribution in [2.24, 2.45) is 0 Å². The van der Waals surface area contributed by atoms with E-state index in [1.165, 1.54) is 96.3 Å². The van der Waals surface area contributed by atoms with Crippen LogP contribution in [0.15, 0.2) is 0 Å². The van der Waals surface area contributed by atoms with Crippen LogP contribution in [0.3, 0.4) is 0 Å². The molecule has 0 heterocycles. The molecule has 0 aliphatic rings. The van der Waals surface area contributed by atoms with Gasteiger partial charge in [-0.2, -0.15) is 0 Å². The first-order valence-corrected chi connectivity index (χ1v) is 14.6. The molecule has 0 fully saturated rings. The third kappa shape index (κ3) is 27.3. The molecule has 5 nitrogen and oxygen atoms in total. The van der Waals surface area contributed by atoms with E-state index in [4.69, 9.17) is 0 Å². The molecular weight excluding hydrogens is 449 g/mol. The Balaban J connectivity index is 0. The molecule has 0 rings (SSSR count). The topological polar surface area (TPSA) is 77.5 Å². The minimum atomic E-state index is -4.14. The zero-order chi connectivity index (χ0) is 23.2. The van der Waals surface area contributed by atoms with E-state index in [-0.39, 0.29) is 63.0 Å². The van der Waals surface area contributed by atoms with Crippen LogP contribution in [0.4, 0.5) is 0 Å². The summed E-state index contributed by atoms with van der Waals surface area (Å²) in [4.78, 5) is 13.7. The predicted octanol–water partition coefficient (Wildman–Crippen LogP) is 3.82. The molecule has 0 aliphatic heterocycles. The number of carbonyl (C=O) groups is 1. The van der Waals surface area contributed by atoms with Gasteiger partial charge >= 0.3 is 51.4 Å². The SMILES string of the molecule is CCCCCCCCCCCCCCCCCCCC(=O)N(C)CCCCS(=O)(=O)[O-].[K+]. The molecule has 0 aromatic carbocycles. The van der Waals surface area contributed by atoms with Crippen LogP contribution in [0, 0.1) is 0 Å². The third-order valence-corrected chi connectivity index (χ3v) is 6.85. The van der Waals surface area contributed by atoms with Crippen LogP contribution in [-0.2, 0) is 14.9 Å². The molecule has 0 aliphatic carbocycles. The van der Waals surface area contributed by atoms with Crippen LogP contribution in [0.1, 0.15) is 135 Å². The Hall–Kier alpha value is 1.02. The van der Waals surface area contributed by atoms with Gasteiger partial charge in [-0.25, -0.2) is 8.42 Å². The minimum absolute atomic E-state index is 0. The van der Waals surface area contributed by atoms with Gasteiger partial charge in [-0.15, -0.1) is 0 Å². The second-order valence-electron chi connectivity index (χ2n) is 9.19. The Kier molecular flexibility index (Phi) is 27.6. The fourth-order valence-electron chi connectivity index (χ4n) is 3.94. The average Bonchev–Trinajstić information content (AvgIpc) is 2.72. The van der Waals surface area contributed by atoms with E-state index in [2.05, 4.69) is 6.92 Å². The van der Waals surface area contributed by atoms with Gasteiger partial charge in [0.2, 0.25) is 5.91 Å². The van der Waals surface area contributed by atoms with Crippen LogP contribution < -0.4 is 51.4 Å². The van der Waals surface area contributed by atoms with Crippen molar-refractivity contribution < 1.29 is 69.1 Å². The summed E-state index contributed by atoms with van der Waals surface area (Å²) in [5, 5.41) is 0. The first kappa shape index (κ1) is 35.2. The predicted molar refractivity (Wildman–Crippen MR) is 130 cm³/mol. The fourth-order valence-corrected chi connectivity index (χ4v) is 4.50. The molecular formula is C25H50KNO4S. The standard InChI is InChI=1S/C25H51NO4S.K/c1-3-4-5-6-7-8-9-10-11-12-13-14-15-16-17-18-19-22-25(27)26(2)23-20-21-24-31(28,29)30;/h3-24H2,1-2H3,(H,28,29,30);/q;+1/p-1. The van der Waals surface area contributed by atoms with Crippen molar-refractivity contribution in [1.29, 1.82) is 0 Å². The van der Waals surface area contributed by atoms with Gasteiger partial charge in [-0.1, -0.05) is 110 Å². The maximum atomic E-state index is 12.0. The van der Waals surface area contributed by atoms with Crippen molar-refractivity contribution in [2.75, 3.05) is 19.3 Å². The van der Waals surface area contributed by atoms with E-state index in [1.54, 1.807) is 11.9 Å². The largest absolute Gasteiger partial charge is 1.00 e. The Labute approximate surface area is 242 Å². The number of hydrogen-bond donors (Lipinski definition) is 0. The van der Waals surface area contributed by atoms with Crippen LogP contribution >= 0.6 is 0 Å². The van der Waals surface area contributed by atoms with E-state index in [1.807, 2.05) is 0 Å². The quantitative estimate of drug-likeness (QED) is 0.122. The molecule has 0 unspecified atom stereocenters. The number of carbonyl (C=O) groups excluding carboxylic acids is 1. The summed E-state index contributed by atoms with van der Waals surface area (Å²) in [6.07, 6.45) is 24.0. The van der Waals surface area contributed by atoms with Gasteiger partial charge < -0.3 is 9.45 Å². The zero-order valence-electron chi connectivity index (χ0n) is 21.5. The smallest absolute Gasteiger partial charge is 0.748 e. The molecule has 0 bridgehead atoms. The fraction of sp³-hybridized carbons (Fsp3) is 0.960. The van der Waals surface area contributed by atoms with Crippen molar-refractivity contribution in [3.05, 3.63) is 0 Å². The summed E-state index contributed by atoms with van der Waals surface area (Å²) in [5.41, 5.74) is 0. The van der Waals surface area contributed by atoms with Gasteiger partial charge in [0.05, 0.1) is 10.1 Å². The molecule has 0 saturated carbocycles. The third-order valence-electron chi connectivity index (χ3n) is 6.06. The van der Waals surface area contributed by atoms with Gasteiger partial charge in [-0.05, 0) is 19.3 Å². The van der Waals surface area contributed by atoms with E-state index in [0.29, 0.717) is 25.8 Å². The average molecular weight is 500 g/mol.